The molecule has 0 atom stereocenters. The summed E-state index contributed by atoms with van der Waals surface area (Å²) in [5, 5.41) is 0. The molecule has 0 fully saturated rings. The fourth-order valence-corrected chi connectivity index (χ4v) is 2.86. The van der Waals surface area contributed by atoms with Crippen LogP contribution in [0.15, 0.2) is 0 Å². The smallest absolute Gasteiger partial charge is 1.00 e. The minimum atomic E-state index is 0. The van der Waals surface area contributed by atoms with E-state index in [1.165, 1.54) is 11.4 Å². The van der Waals surface area contributed by atoms with Gasteiger partial charge in [0.1, 0.15) is 0 Å². The molecule has 0 saturated heterocycles. The van der Waals surface area contributed by atoms with Gasteiger partial charge in [0, 0.05) is 0 Å². The van der Waals surface area contributed by atoms with Gasteiger partial charge in [0.25, 0.3) is 0 Å². The number of imidazole rings is 1. The first kappa shape index (κ1) is 15.2. The third-order valence-electron chi connectivity index (χ3n) is 2.66. The van der Waals surface area contributed by atoms with Gasteiger partial charge in [-0.2, -0.15) is 0 Å². The van der Waals surface area contributed by atoms with E-state index in [9.17, 15) is 0 Å². The van der Waals surface area contributed by atoms with Crippen LogP contribution in [0.4, 0.5) is 0 Å². The number of halogens is 1. The molecule has 0 unspecified atom stereocenters. The second-order valence-electron chi connectivity index (χ2n) is 4.36. The molecule has 89 valence electrons. The number of aromatic nitrogens is 2. The van der Waals surface area contributed by atoms with Crippen LogP contribution in [0.25, 0.3) is 0 Å². The summed E-state index contributed by atoms with van der Waals surface area (Å²) in [4.78, 5) is 0. The Kier molecular flexibility index (Phi) is 5.59. The van der Waals surface area contributed by atoms with Gasteiger partial charge in [0.05, 0.1) is 0 Å². The molecule has 0 spiro atoms. The number of hydrogen-bond acceptors (Lipinski definition) is 0. The molecule has 0 aliphatic carbocycles. The first-order chi connectivity index (χ1) is 6.37. The first-order valence-corrected chi connectivity index (χ1v) is 5.70. The van der Waals surface area contributed by atoms with E-state index in [-0.39, 0.29) is 17.0 Å². The second-order valence-corrected chi connectivity index (χ2v) is 4.85. The third-order valence-corrected chi connectivity index (χ3v) is 3.20. The molecule has 0 radical (unpaired) electrons. The van der Waals surface area contributed by atoms with Crippen LogP contribution >= 0.6 is 0 Å². The van der Waals surface area contributed by atoms with Crippen molar-refractivity contribution in [1.29, 1.82) is 0 Å². The Morgan fingerprint density at radius 3 is 1.27 bits per heavy atom. The van der Waals surface area contributed by atoms with E-state index in [0.29, 0.717) is 12.1 Å². The van der Waals surface area contributed by atoms with Crippen molar-refractivity contribution in [3.05, 3.63) is 15.7 Å². The van der Waals surface area contributed by atoms with E-state index in [4.69, 9.17) is 0 Å². The third kappa shape index (κ3) is 2.66. The molecule has 1 aromatic rings. The summed E-state index contributed by atoms with van der Waals surface area (Å²) in [5.74, 6) is 0. The van der Waals surface area contributed by atoms with E-state index >= 15 is 0 Å². The maximum atomic E-state index is 4.17. The number of hydrogen-bond donors (Lipinski definition) is 0. The Hall–Kier alpha value is 0.209. The minimum Gasteiger partial charge on any atom is -1.00 e. The van der Waals surface area contributed by atoms with Crippen molar-refractivity contribution >= 4 is 0 Å². The van der Waals surface area contributed by atoms with Gasteiger partial charge >= 0.3 is 94.0 Å². The summed E-state index contributed by atoms with van der Waals surface area (Å²) in [6.07, 6.45) is 0. The molecule has 0 bridgehead atoms. The van der Waals surface area contributed by atoms with Crippen LogP contribution in [0.2, 0.25) is 0 Å². The van der Waals surface area contributed by atoms with Gasteiger partial charge in [0.2, 0.25) is 0 Å². The molecular formula is C11H20BrFeN2. The van der Waals surface area contributed by atoms with E-state index in [1.807, 2.05) is 0 Å². The zero-order valence-corrected chi connectivity index (χ0v) is 13.0. The second kappa shape index (κ2) is 5.51. The van der Waals surface area contributed by atoms with Crippen LogP contribution in [-0.2, 0) is 15.6 Å². The van der Waals surface area contributed by atoms with Crippen LogP contribution in [0.3, 0.4) is 0 Å². The van der Waals surface area contributed by atoms with Crippen molar-refractivity contribution in [2.45, 2.75) is 53.6 Å². The summed E-state index contributed by atoms with van der Waals surface area (Å²) in [6.45, 7) is 13.1. The normalized spacial score (nSPS) is 10.9. The number of rotatable bonds is 2. The Morgan fingerprint density at radius 2 is 1.13 bits per heavy atom. The molecule has 0 amide bonds. The van der Waals surface area contributed by atoms with Crippen molar-refractivity contribution in [2.75, 3.05) is 0 Å². The molecular weight excluding hydrogens is 296 g/mol. The summed E-state index contributed by atoms with van der Waals surface area (Å²) < 4.78 is 5.72. The van der Waals surface area contributed by atoms with Crippen LogP contribution in [0.1, 0.15) is 51.2 Å². The van der Waals surface area contributed by atoms with E-state index in [0.717, 1.165) is 4.32 Å². The van der Waals surface area contributed by atoms with Crippen molar-refractivity contribution in [2.24, 2.45) is 0 Å². The first-order valence-electron chi connectivity index (χ1n) is 5.15. The Morgan fingerprint density at radius 1 is 0.867 bits per heavy atom. The molecule has 0 saturated carbocycles. The van der Waals surface area contributed by atoms with Crippen LogP contribution < -0.4 is 17.0 Å². The molecule has 15 heavy (non-hydrogen) atoms. The number of nitrogens with zero attached hydrogens (tertiary/aromatic N) is 2. The van der Waals surface area contributed by atoms with Gasteiger partial charge in [-0.25, -0.2) is 0 Å². The monoisotopic (exact) mass is 315 g/mol. The Balaban J connectivity index is 0.00000196. The summed E-state index contributed by atoms with van der Waals surface area (Å²) >= 11 is 4.17. The van der Waals surface area contributed by atoms with Gasteiger partial charge in [0.15, 0.2) is 0 Å². The SMILES string of the molecule is Cc1c(C)n(C(C)C)[c](=[Fe+])n1C(C)C.[Br-]. The van der Waals surface area contributed by atoms with Crippen molar-refractivity contribution in [1.82, 2.24) is 9.13 Å². The van der Waals surface area contributed by atoms with Gasteiger partial charge in [-0.1, -0.05) is 0 Å². The van der Waals surface area contributed by atoms with E-state index in [2.05, 4.69) is 66.3 Å². The summed E-state index contributed by atoms with van der Waals surface area (Å²) in [7, 11) is 0. The molecule has 2 nitrogen and oxygen atoms in total. The van der Waals surface area contributed by atoms with Crippen LogP contribution in [0.5, 0.6) is 0 Å². The quantitative estimate of drug-likeness (QED) is 0.688. The molecule has 4 heteroatoms. The standard InChI is InChI=1S/C11H20N2.BrH.Fe/c1-8(2)12-7-13(9(3)4)11(6)10(12)5;;/h8-9H,1-6H3;1H;/q;;+1/p-1. The molecule has 1 aromatic heterocycles. The predicted molar refractivity (Wildman–Crippen MR) is 55.9 cm³/mol. The maximum absolute atomic E-state index is 4.17. The topological polar surface area (TPSA) is 9.86 Å². The Bertz CT molecular complexity index is 354. The largest absolute Gasteiger partial charge is 1.00 e. The zero-order chi connectivity index (χ0) is 11.0. The molecule has 0 aliphatic rings. The summed E-state index contributed by atoms with van der Waals surface area (Å²) in [6, 6.07) is 0.974. The maximum Gasteiger partial charge on any atom is -1.00 e. The van der Waals surface area contributed by atoms with Gasteiger partial charge in [-0.15, -0.1) is 0 Å². The molecule has 0 aromatic carbocycles. The predicted octanol–water partition coefficient (Wildman–Crippen LogP) is 0.151. The van der Waals surface area contributed by atoms with Gasteiger partial charge < -0.3 is 17.0 Å². The van der Waals surface area contributed by atoms with E-state index in [1.54, 1.807) is 0 Å². The van der Waals surface area contributed by atoms with Crippen molar-refractivity contribution < 1.29 is 32.6 Å². The molecule has 0 N–H and O–H groups in total. The van der Waals surface area contributed by atoms with Crippen molar-refractivity contribution in [3.8, 4) is 0 Å². The van der Waals surface area contributed by atoms with E-state index < -0.39 is 0 Å². The molecule has 1 heterocycles. The van der Waals surface area contributed by atoms with Gasteiger partial charge in [-0.3, -0.25) is 0 Å². The van der Waals surface area contributed by atoms with Crippen molar-refractivity contribution in [3.63, 3.8) is 0 Å². The Labute approximate surface area is 111 Å². The fraction of sp³-hybridized carbons (Fsp3) is 0.727. The zero-order valence-electron chi connectivity index (χ0n) is 10.3. The molecule has 1 rings (SSSR count). The summed E-state index contributed by atoms with van der Waals surface area (Å²) in [5.41, 5.74) is 2.66. The van der Waals surface area contributed by atoms with Gasteiger partial charge in [-0.05, 0) is 0 Å². The average molecular weight is 316 g/mol. The minimum absolute atomic E-state index is 0. The van der Waals surface area contributed by atoms with Crippen LogP contribution in [-0.4, -0.2) is 9.13 Å². The fourth-order valence-electron chi connectivity index (χ4n) is 1.92. The average Bonchev–Trinajstić information content (AvgIpc) is 2.23. The molecule has 0 aliphatic heterocycles. The van der Waals surface area contributed by atoms with Crippen LogP contribution in [0, 0.1) is 18.2 Å².